The SMILES string of the molecule is CCOC(=O)[C@H](C)NP(=O)(N[C@@H](C)C(=O)OCC)c1ccc(-c2nc(N)sc2CC(C)C)o1.COc1ccc2nc(COc3ccc(CC4SC(=O)NC4=O)cc3)n(C)c2c1. The quantitative estimate of drug-likeness (QED) is 0.0572. The first-order chi connectivity index (χ1) is 29.0. The molecule has 20 heteroatoms. The van der Waals surface area contributed by atoms with E-state index in [1.807, 2.05) is 54.1 Å². The van der Waals surface area contributed by atoms with Gasteiger partial charge in [-0.25, -0.2) is 20.1 Å². The topological polar surface area (TPSA) is 228 Å². The number of hydrogen-bond donors (Lipinski definition) is 4. The number of esters is 2. The van der Waals surface area contributed by atoms with Crippen molar-refractivity contribution in [3.63, 3.8) is 0 Å². The fourth-order valence-electron chi connectivity index (χ4n) is 6.13. The Labute approximate surface area is 362 Å². The fourth-order valence-corrected chi connectivity index (χ4v) is 10.2. The van der Waals surface area contributed by atoms with E-state index in [1.54, 1.807) is 27.0 Å². The molecule has 1 unspecified atom stereocenters. The van der Waals surface area contributed by atoms with Gasteiger partial charge in [-0.3, -0.25) is 29.1 Å². The van der Waals surface area contributed by atoms with Crippen LogP contribution < -0.4 is 36.2 Å². The van der Waals surface area contributed by atoms with Gasteiger partial charge in [0.15, 0.2) is 16.4 Å². The predicted molar refractivity (Wildman–Crippen MR) is 235 cm³/mol. The van der Waals surface area contributed by atoms with Crippen LogP contribution in [-0.2, 0) is 54.9 Å². The zero-order chi connectivity index (χ0) is 44.4. The number of thioether (sulfide) groups is 1. The maximum atomic E-state index is 14.0. The summed E-state index contributed by atoms with van der Waals surface area (Å²) in [6.45, 7) is 11.3. The molecule has 0 spiro atoms. The normalized spacial score (nSPS) is 14.9. The number of benzene rings is 2. The Morgan fingerprint density at radius 1 is 0.951 bits per heavy atom. The molecule has 1 aliphatic rings. The highest BCUT2D eigenvalue weighted by Gasteiger charge is 2.37. The molecule has 328 valence electrons. The lowest BCUT2D eigenvalue weighted by Gasteiger charge is -2.24. The molecule has 6 rings (SSSR count). The molecule has 1 aliphatic heterocycles. The molecule has 3 atom stereocenters. The van der Waals surface area contributed by atoms with Crippen LogP contribution in [0, 0.1) is 5.92 Å². The molecule has 3 aromatic heterocycles. The zero-order valence-corrected chi connectivity index (χ0v) is 37.8. The molecule has 1 fully saturated rings. The number of fused-ring (bicyclic) bond motifs is 1. The summed E-state index contributed by atoms with van der Waals surface area (Å²) in [5.41, 5.74) is 9.39. The number of methoxy groups -OCH3 is 1. The van der Waals surface area contributed by atoms with Crippen LogP contribution in [0.4, 0.5) is 9.93 Å². The molecule has 0 bridgehead atoms. The number of imidazole rings is 1. The van der Waals surface area contributed by atoms with Crippen LogP contribution >= 0.6 is 30.5 Å². The second kappa shape index (κ2) is 21.1. The number of ether oxygens (including phenoxy) is 4. The number of carbonyl (C=O) groups is 4. The molecule has 0 radical (unpaired) electrons. The van der Waals surface area contributed by atoms with E-state index in [9.17, 15) is 23.7 Å². The third-order valence-electron chi connectivity index (χ3n) is 9.13. The summed E-state index contributed by atoms with van der Waals surface area (Å²) in [5, 5.41) is 7.59. The van der Waals surface area contributed by atoms with Gasteiger partial charge in [-0.1, -0.05) is 37.7 Å². The van der Waals surface area contributed by atoms with Gasteiger partial charge in [0, 0.05) is 18.0 Å². The number of nitrogens with two attached hydrogens (primary N) is 1. The Kier molecular flexibility index (Phi) is 16.2. The van der Waals surface area contributed by atoms with E-state index in [1.165, 1.54) is 31.3 Å². The first-order valence-corrected chi connectivity index (χ1v) is 23.0. The average molecular weight is 898 g/mol. The Morgan fingerprint density at radius 2 is 1.59 bits per heavy atom. The molecular formula is C41H52N7O10PS2. The van der Waals surface area contributed by atoms with E-state index in [4.69, 9.17) is 29.1 Å². The minimum Gasteiger partial charge on any atom is -0.497 e. The van der Waals surface area contributed by atoms with Crippen LogP contribution in [0.2, 0.25) is 0 Å². The minimum absolute atomic E-state index is 0.0341. The van der Waals surface area contributed by atoms with Crippen LogP contribution in [0.25, 0.3) is 22.5 Å². The molecule has 2 amide bonds. The molecule has 5 N–H and O–H groups in total. The van der Waals surface area contributed by atoms with Crippen molar-refractivity contribution in [3.05, 3.63) is 70.9 Å². The lowest BCUT2D eigenvalue weighted by Crippen LogP contribution is -2.44. The number of aryl methyl sites for hydroxylation is 1. The highest BCUT2D eigenvalue weighted by atomic mass is 32.2. The molecule has 61 heavy (non-hydrogen) atoms. The highest BCUT2D eigenvalue weighted by Crippen LogP contribution is 2.40. The largest absolute Gasteiger partial charge is 0.497 e. The van der Waals surface area contributed by atoms with Crippen LogP contribution in [0.1, 0.15) is 57.8 Å². The van der Waals surface area contributed by atoms with Crippen LogP contribution in [-0.4, -0.2) is 75.3 Å². The number of anilines is 1. The Balaban J connectivity index is 0.000000233. The lowest BCUT2D eigenvalue weighted by atomic mass is 10.1. The number of rotatable bonds is 18. The number of nitrogens with zero attached hydrogens (tertiary/aromatic N) is 3. The van der Waals surface area contributed by atoms with Crippen molar-refractivity contribution in [2.24, 2.45) is 13.0 Å². The predicted octanol–water partition coefficient (Wildman–Crippen LogP) is 6.14. The number of hydrogen-bond acceptors (Lipinski definition) is 15. The number of nitrogen functional groups attached to an aromatic ring is 1. The van der Waals surface area contributed by atoms with E-state index in [0.29, 0.717) is 41.3 Å². The van der Waals surface area contributed by atoms with E-state index in [-0.39, 0.29) is 35.1 Å². The molecule has 0 aliphatic carbocycles. The number of aromatic nitrogens is 3. The van der Waals surface area contributed by atoms with Gasteiger partial charge in [0.1, 0.15) is 41.7 Å². The highest BCUT2D eigenvalue weighted by molar-refractivity contribution is 8.15. The van der Waals surface area contributed by atoms with Gasteiger partial charge in [0.2, 0.25) is 5.91 Å². The minimum atomic E-state index is -3.80. The second-order valence-electron chi connectivity index (χ2n) is 14.3. The van der Waals surface area contributed by atoms with E-state index in [2.05, 4.69) is 39.3 Å². The van der Waals surface area contributed by atoms with Gasteiger partial charge in [-0.2, -0.15) is 0 Å². The summed E-state index contributed by atoms with van der Waals surface area (Å²) in [6, 6.07) is 14.6. The summed E-state index contributed by atoms with van der Waals surface area (Å²) >= 11 is 2.41. The molecule has 2 aromatic carbocycles. The molecule has 1 saturated heterocycles. The summed E-state index contributed by atoms with van der Waals surface area (Å²) in [7, 11) is -0.212. The van der Waals surface area contributed by atoms with Crippen LogP contribution in [0.3, 0.4) is 0 Å². The van der Waals surface area contributed by atoms with E-state index < -0.39 is 31.5 Å². The fraction of sp³-hybridized carbons (Fsp3) is 0.415. The summed E-state index contributed by atoms with van der Waals surface area (Å²) < 4.78 is 43.1. The molecule has 4 heterocycles. The van der Waals surface area contributed by atoms with Crippen LogP contribution in [0.5, 0.6) is 11.5 Å². The number of thiazole rings is 1. The summed E-state index contributed by atoms with van der Waals surface area (Å²) in [4.78, 5) is 57.2. The van der Waals surface area contributed by atoms with Crippen molar-refractivity contribution >= 4 is 75.3 Å². The molecular weight excluding hydrogens is 846 g/mol. The average Bonchev–Trinajstić information content (AvgIpc) is 4.00. The second-order valence-corrected chi connectivity index (χ2v) is 18.8. The van der Waals surface area contributed by atoms with E-state index >= 15 is 0 Å². The van der Waals surface area contributed by atoms with Crippen molar-refractivity contribution in [2.45, 2.75) is 78.3 Å². The number of imide groups is 1. The maximum Gasteiger partial charge on any atom is 0.323 e. The zero-order valence-electron chi connectivity index (χ0n) is 35.3. The maximum absolute atomic E-state index is 14.0. The first kappa shape index (κ1) is 46.9. The molecule has 17 nitrogen and oxygen atoms in total. The van der Waals surface area contributed by atoms with Gasteiger partial charge in [-0.15, -0.1) is 11.3 Å². The third kappa shape index (κ3) is 12.2. The van der Waals surface area contributed by atoms with Crippen molar-refractivity contribution in [1.29, 1.82) is 0 Å². The monoisotopic (exact) mass is 897 g/mol. The first-order valence-electron chi connectivity index (χ1n) is 19.6. The van der Waals surface area contributed by atoms with Gasteiger partial charge in [-0.05, 0) is 88.4 Å². The molecule has 5 aromatic rings. The lowest BCUT2D eigenvalue weighted by molar-refractivity contribution is -0.145. The van der Waals surface area contributed by atoms with Crippen molar-refractivity contribution in [2.75, 3.05) is 26.1 Å². The Morgan fingerprint density at radius 3 is 2.16 bits per heavy atom. The standard InChI is InChI=1S/C21H33N4O6PS.C20H19N3O4S/c1-7-29-19(26)13(5)24-32(28,25-14(6)20(27)30-8-2)17-10-9-15(31-17)18-16(11-12(3)4)33-21(22)23-18;1-23-16-10-14(26-2)7-8-15(16)21-18(23)11-27-13-5-3-12(4-6-13)9-17-19(24)22-20(25)28-17/h9-10,12-14H,7-8,11H2,1-6H3,(H2,22,23)(H2,24,25,28);3-8,10,17H,9,11H2,1-2H3,(H,22,24,25)/t13-,14-;/m0./s1. The van der Waals surface area contributed by atoms with Gasteiger partial charge in [0.25, 0.3) is 12.7 Å². The van der Waals surface area contributed by atoms with Gasteiger partial charge >= 0.3 is 11.9 Å². The Bertz CT molecular complexity index is 2350. The third-order valence-corrected chi connectivity index (χ3v) is 13.4. The van der Waals surface area contributed by atoms with E-state index in [0.717, 1.165) is 51.2 Å². The van der Waals surface area contributed by atoms with Crippen molar-refractivity contribution < 1.29 is 47.1 Å². The smallest absolute Gasteiger partial charge is 0.323 e. The Hall–Kier alpha value is -5.20. The van der Waals surface area contributed by atoms with Crippen molar-refractivity contribution in [3.8, 4) is 23.0 Å². The number of nitrogens with one attached hydrogen (secondary N) is 3. The molecule has 0 saturated carbocycles. The van der Waals surface area contributed by atoms with Crippen molar-refractivity contribution in [1.82, 2.24) is 30.0 Å². The summed E-state index contributed by atoms with van der Waals surface area (Å²) in [5.74, 6) is 1.69. The number of furan rings is 1. The number of amides is 2. The van der Waals surface area contributed by atoms with Gasteiger partial charge < -0.3 is 33.7 Å². The number of carbonyl (C=O) groups excluding carboxylic acids is 4. The summed E-state index contributed by atoms with van der Waals surface area (Å²) in [6.07, 6.45) is 1.27. The van der Waals surface area contributed by atoms with Gasteiger partial charge in [0.05, 0.1) is 36.6 Å². The van der Waals surface area contributed by atoms with Crippen LogP contribution in [0.15, 0.2) is 59.0 Å².